The molecule has 5 aromatic rings. The third-order valence-electron chi connectivity index (χ3n) is 10.6. The van der Waals surface area contributed by atoms with Crippen LogP contribution in [0.4, 0.5) is 21.0 Å². The van der Waals surface area contributed by atoms with Gasteiger partial charge in [-0.15, -0.1) is 0 Å². The van der Waals surface area contributed by atoms with Crippen LogP contribution in [0.5, 0.6) is 0 Å². The Morgan fingerprint density at radius 2 is 1.14 bits per heavy atom. The molecule has 0 radical (unpaired) electrons. The summed E-state index contributed by atoms with van der Waals surface area (Å²) in [6, 6.07) is 37.5. The molecule has 0 saturated carbocycles. The van der Waals surface area contributed by atoms with E-state index >= 15 is 4.79 Å². The van der Waals surface area contributed by atoms with Crippen molar-refractivity contribution in [2.24, 2.45) is 5.92 Å². The van der Waals surface area contributed by atoms with Crippen LogP contribution in [0.25, 0.3) is 0 Å². The number of nitro benzene ring substituents is 2. The van der Waals surface area contributed by atoms with Gasteiger partial charge in [-0.25, -0.2) is 0 Å². The first-order valence-electron chi connectivity index (χ1n) is 18.2. The number of nitrogens with zero attached hydrogens (tertiary/aromatic N) is 3. The first-order chi connectivity index (χ1) is 27.5. The Hall–Kier alpha value is -6.50. The molecular formula is C42H41N4O10P. The van der Waals surface area contributed by atoms with Crippen LogP contribution in [0.15, 0.2) is 140 Å². The van der Waals surface area contributed by atoms with Gasteiger partial charge in [0.2, 0.25) is 0 Å². The van der Waals surface area contributed by atoms with Gasteiger partial charge in [-0.05, 0) is 0 Å². The molecule has 1 fully saturated rings. The van der Waals surface area contributed by atoms with Crippen LogP contribution in [0.2, 0.25) is 0 Å². The number of para-hydroxylation sites is 2. The molecule has 3 atom stereocenters. The van der Waals surface area contributed by atoms with Crippen LogP contribution in [0, 0.1) is 26.1 Å². The summed E-state index contributed by atoms with van der Waals surface area (Å²) in [5.74, 6) is -1.24. The third-order valence-corrected chi connectivity index (χ3v) is 16.7. The number of amides is 2. The summed E-state index contributed by atoms with van der Waals surface area (Å²) in [5.41, 5.74) is -0.712. The molecule has 57 heavy (non-hydrogen) atoms. The van der Waals surface area contributed by atoms with E-state index in [9.17, 15) is 34.9 Å². The van der Waals surface area contributed by atoms with E-state index in [1.807, 2.05) is 54.6 Å². The second-order valence-electron chi connectivity index (χ2n) is 13.7. The molecule has 1 unspecified atom stereocenters. The summed E-state index contributed by atoms with van der Waals surface area (Å²) in [5, 5.41) is 38.2. The molecule has 0 aliphatic carbocycles. The minimum absolute atomic E-state index is 0.101. The van der Waals surface area contributed by atoms with Crippen molar-refractivity contribution >= 4 is 51.6 Å². The number of carbonyl (C=O) groups is 3. The fourth-order valence-electron chi connectivity index (χ4n) is 7.83. The normalized spacial score (nSPS) is 16.3. The van der Waals surface area contributed by atoms with E-state index in [0.29, 0.717) is 15.9 Å². The van der Waals surface area contributed by atoms with Crippen LogP contribution >= 0.6 is 6.60 Å². The molecule has 1 heterocycles. The van der Waals surface area contributed by atoms with Gasteiger partial charge in [0.05, 0.1) is 0 Å². The summed E-state index contributed by atoms with van der Waals surface area (Å²) in [6.45, 7) is -4.20. The average Bonchev–Trinajstić information content (AvgIpc) is 3.23. The van der Waals surface area contributed by atoms with Gasteiger partial charge < -0.3 is 0 Å². The maximum absolute atomic E-state index is 15.7. The van der Waals surface area contributed by atoms with Crippen molar-refractivity contribution < 1.29 is 38.8 Å². The number of aliphatic hydroxyl groups is 1. The number of hydrogen-bond donors (Lipinski definition) is 2. The first kappa shape index (κ1) is 40.2. The zero-order valence-corrected chi connectivity index (χ0v) is 31.9. The number of ether oxygens (including phenoxy) is 2. The molecule has 0 bridgehead atoms. The van der Waals surface area contributed by atoms with Crippen LogP contribution in [0.1, 0.15) is 24.5 Å². The van der Waals surface area contributed by atoms with Crippen LogP contribution < -0.4 is 21.2 Å². The summed E-state index contributed by atoms with van der Waals surface area (Å²) in [7, 11) is 0. The number of alkyl carbamates (subject to hydrolysis) is 1. The second-order valence-corrected chi connectivity index (χ2v) is 18.5. The molecule has 0 spiro atoms. The van der Waals surface area contributed by atoms with Gasteiger partial charge in [-0.3, -0.25) is 10.1 Å². The van der Waals surface area contributed by atoms with E-state index in [-0.39, 0.29) is 48.4 Å². The predicted molar refractivity (Wildman–Crippen MR) is 215 cm³/mol. The summed E-state index contributed by atoms with van der Waals surface area (Å²) in [6.07, 6.45) is -0.983. The summed E-state index contributed by atoms with van der Waals surface area (Å²) in [4.78, 5) is 67.1. The van der Waals surface area contributed by atoms with Crippen molar-refractivity contribution in [2.45, 2.75) is 38.6 Å². The molecule has 2 N–H and O–H groups in total. The maximum atomic E-state index is 15.7. The number of nitrogens with one attached hydrogen (secondary N) is 1. The molecule has 15 heteroatoms. The van der Waals surface area contributed by atoms with E-state index in [4.69, 9.17) is 9.47 Å². The molecule has 1 aliphatic rings. The minimum atomic E-state index is -4.70. The number of aliphatic hydroxyl groups excluding tert-OH is 1. The van der Waals surface area contributed by atoms with Crippen molar-refractivity contribution in [1.82, 2.24) is 10.2 Å². The number of β-lactam (4-membered cyclic amide) rings is 1. The number of rotatable bonds is 16. The quantitative estimate of drug-likeness (QED) is 0.0507. The molecule has 2 amide bonds. The third kappa shape index (κ3) is 7.44. The Morgan fingerprint density at radius 3 is 1.58 bits per heavy atom. The van der Waals surface area contributed by atoms with Crippen LogP contribution in [-0.2, 0) is 27.5 Å². The van der Waals surface area contributed by atoms with Gasteiger partial charge in [0.1, 0.15) is 0 Å². The van der Waals surface area contributed by atoms with Gasteiger partial charge >= 0.3 is 313 Å². The Morgan fingerprint density at radius 1 is 0.719 bits per heavy atom. The molecule has 1 aliphatic heterocycles. The summed E-state index contributed by atoms with van der Waals surface area (Å²) < 4.78 is 11.6. The fourth-order valence-corrected chi connectivity index (χ4v) is 13.8. The topological polar surface area (TPSA) is 191 Å². The predicted octanol–water partition coefficient (Wildman–Crippen LogP) is 6.15. The Kier molecular flexibility index (Phi) is 12.1. The second kappa shape index (κ2) is 17.1. The van der Waals surface area contributed by atoms with E-state index in [1.54, 1.807) is 60.4 Å². The van der Waals surface area contributed by atoms with Gasteiger partial charge in [0.15, 0.2) is 0 Å². The van der Waals surface area contributed by atoms with Crippen molar-refractivity contribution in [3.05, 3.63) is 171 Å². The monoisotopic (exact) mass is 792 g/mol. The molecular weight excluding hydrogens is 751 g/mol. The first-order valence-corrected chi connectivity index (χ1v) is 20.6. The van der Waals surface area contributed by atoms with Crippen molar-refractivity contribution in [3.8, 4) is 0 Å². The zero-order chi connectivity index (χ0) is 40.6. The number of hydrogen-bond acceptors (Lipinski definition) is 10. The van der Waals surface area contributed by atoms with E-state index in [0.717, 1.165) is 0 Å². The van der Waals surface area contributed by atoms with Gasteiger partial charge in [-0.2, -0.15) is 0 Å². The molecule has 1 saturated heterocycles. The number of nitro groups is 2. The molecule has 0 aromatic heterocycles. The molecule has 6 rings (SSSR count). The summed E-state index contributed by atoms with van der Waals surface area (Å²) >= 11 is 0. The van der Waals surface area contributed by atoms with Gasteiger partial charge in [0.25, 0.3) is 0 Å². The number of benzene rings is 5. The van der Waals surface area contributed by atoms with E-state index in [1.165, 1.54) is 36.4 Å². The van der Waals surface area contributed by atoms with Crippen molar-refractivity contribution in [3.63, 3.8) is 0 Å². The van der Waals surface area contributed by atoms with Gasteiger partial charge in [-0.1, -0.05) is 6.07 Å². The Balaban J connectivity index is 1.41. The fraction of sp³-hybridized carbons (Fsp3) is 0.214. The molecule has 5 aromatic carbocycles. The van der Waals surface area contributed by atoms with Crippen molar-refractivity contribution in [1.29, 1.82) is 0 Å². The van der Waals surface area contributed by atoms with E-state index in [2.05, 4.69) is 5.32 Å². The van der Waals surface area contributed by atoms with Crippen LogP contribution in [-0.4, -0.2) is 62.5 Å². The van der Waals surface area contributed by atoms with Crippen molar-refractivity contribution in [2.75, 3.05) is 12.9 Å². The SMILES string of the molecule is CC(NC(=O)OCc1ccccc1[N+](=O)[O-])[C@H]1C(=O)N(CP(C(=O)OCc2ccccc2[N+](=O)[O-])(c2ccccc2)(c2ccccc2)c2ccccc2)[C@@H]1CCO. The Bertz CT molecular complexity index is 2160. The zero-order valence-electron chi connectivity index (χ0n) is 31.0. The number of carbonyl (C=O) groups excluding carboxylic acids is 3. The van der Waals surface area contributed by atoms with E-state index < -0.39 is 58.8 Å². The van der Waals surface area contributed by atoms with Gasteiger partial charge in [0, 0.05) is 0 Å². The number of likely N-dealkylation sites (tertiary alicyclic amines) is 1. The standard InChI is InChI=1S/C42H41N4O10P/c1-30(43-41(49)55-27-31-15-11-13-23-36(31)45(51)52)39-38(25-26-47)44(40(39)48)29-57(33-17-5-2-6-18-33,34-19-7-3-8-20-34,35-21-9-4-10-22-35)42(50)56-28-32-16-12-14-24-37(32)46(53)54/h2-24,30,38-39,47H,25-29H2,1H3,(H,43,49)/t30?,38-,39-/m1/s1. The molecule has 294 valence electrons. The van der Waals surface area contributed by atoms with Crippen LogP contribution in [0.3, 0.4) is 0 Å². The molecule has 14 nitrogen and oxygen atoms in total. The Labute approximate surface area is 328 Å². The average molecular weight is 793 g/mol.